The van der Waals surface area contributed by atoms with Crippen LogP contribution in [0.2, 0.25) is 0 Å². The second-order valence-electron chi connectivity index (χ2n) is 17.0. The van der Waals surface area contributed by atoms with Crippen LogP contribution in [0.25, 0.3) is 0 Å². The first-order valence-electron chi connectivity index (χ1n) is 17.5. The van der Waals surface area contributed by atoms with Gasteiger partial charge >= 0.3 is 0 Å². The van der Waals surface area contributed by atoms with Gasteiger partial charge in [0.05, 0.1) is 17.1 Å². The van der Waals surface area contributed by atoms with Gasteiger partial charge in [-0.15, -0.1) is 0 Å². The molecule has 0 saturated heterocycles. The highest BCUT2D eigenvalue weighted by atomic mass is 32.2. The first-order chi connectivity index (χ1) is 20.4. The van der Waals surface area contributed by atoms with Crippen molar-refractivity contribution in [2.24, 2.45) is 58.2 Å². The fourth-order valence-electron chi connectivity index (χ4n) is 11.2. The van der Waals surface area contributed by atoms with E-state index in [1.165, 1.54) is 0 Å². The monoisotopic (exact) mass is 629 g/mol. The van der Waals surface area contributed by atoms with Gasteiger partial charge in [0.15, 0.2) is 0 Å². The molecule has 12 atom stereocenters. The quantitative estimate of drug-likeness (QED) is 0.299. The summed E-state index contributed by atoms with van der Waals surface area (Å²) in [4.78, 5) is 13.3. The Balaban J connectivity index is 1.27. The number of hydrogen-bond acceptors (Lipinski definition) is 5. The van der Waals surface area contributed by atoms with Gasteiger partial charge in [-0.1, -0.05) is 73.9 Å². The lowest BCUT2D eigenvalue weighted by Crippen LogP contribution is -2.62. The molecule has 0 bridgehead atoms. The zero-order valence-electron chi connectivity index (χ0n) is 28.5. The van der Waals surface area contributed by atoms with Gasteiger partial charge in [-0.25, -0.2) is 13.1 Å². The van der Waals surface area contributed by atoms with Crippen LogP contribution in [-0.2, 0) is 20.2 Å². The Bertz CT molecular complexity index is 1300. The molecule has 1 aromatic rings. The number of carbonyl (C=O) groups is 1. The standard InChI is InChI=1S/C37H59NO5S/c1-9-27-31-21-25(39)16-18-37(31,8)30-17-19-36(7)28(14-15-29(36)32(30)33(27)40)22(2)20-23(3)34(41)38-44(42,43)26-12-10-24(11-13-26)35(4,5)6/h10-13,22-23,25,27-33,39-40H,9,14-21H2,1-8H3,(H,38,41)/t22-,23-,25-,27-,28-,29?,30?,31?,32+,33-,36-,37-/m1/s1. The minimum absolute atomic E-state index is 0.0854. The number of rotatable bonds is 7. The summed E-state index contributed by atoms with van der Waals surface area (Å²) < 4.78 is 28.5. The number of benzene rings is 1. The van der Waals surface area contributed by atoms with Crippen molar-refractivity contribution in [2.45, 2.75) is 136 Å². The fourth-order valence-corrected chi connectivity index (χ4v) is 12.3. The van der Waals surface area contributed by atoms with Gasteiger partial charge in [0.1, 0.15) is 0 Å². The van der Waals surface area contributed by atoms with Crippen LogP contribution in [-0.4, -0.2) is 36.7 Å². The molecular weight excluding hydrogens is 570 g/mol. The van der Waals surface area contributed by atoms with Gasteiger partial charge in [-0.3, -0.25) is 4.79 Å². The van der Waals surface area contributed by atoms with Crippen molar-refractivity contribution in [1.29, 1.82) is 0 Å². The second kappa shape index (κ2) is 12.0. The van der Waals surface area contributed by atoms with Gasteiger partial charge < -0.3 is 10.2 Å². The van der Waals surface area contributed by atoms with Gasteiger partial charge in [0.2, 0.25) is 5.91 Å². The molecule has 4 aliphatic rings. The van der Waals surface area contributed by atoms with E-state index >= 15 is 0 Å². The van der Waals surface area contributed by atoms with Crippen molar-refractivity contribution in [2.75, 3.05) is 0 Å². The molecule has 4 aliphatic carbocycles. The molecule has 6 nitrogen and oxygen atoms in total. The van der Waals surface area contributed by atoms with E-state index in [-0.39, 0.29) is 45.2 Å². The van der Waals surface area contributed by atoms with Crippen molar-refractivity contribution >= 4 is 15.9 Å². The molecule has 3 N–H and O–H groups in total. The SMILES string of the molecule is CC[C@@H]1C2C[C@H](O)CC[C@]2(C)C2CC[C@@]3(C)C(CC[C@@H]3[C@H](C)C[C@@H](C)C(=O)NS(=O)(=O)c3ccc(C(C)(C)C)cc3)[C@@H]2[C@@H]1O. The summed E-state index contributed by atoms with van der Waals surface area (Å²) >= 11 is 0. The summed E-state index contributed by atoms with van der Waals surface area (Å²) in [5.41, 5.74) is 1.24. The van der Waals surface area contributed by atoms with E-state index in [9.17, 15) is 23.4 Å². The molecule has 3 unspecified atom stereocenters. The zero-order valence-corrected chi connectivity index (χ0v) is 29.3. The van der Waals surface area contributed by atoms with Crippen LogP contribution in [0, 0.1) is 58.2 Å². The average molecular weight is 630 g/mol. The number of carbonyl (C=O) groups excluding carboxylic acids is 1. The molecule has 44 heavy (non-hydrogen) atoms. The normalized spacial score (nSPS) is 40.3. The predicted octanol–water partition coefficient (Wildman–Crippen LogP) is 7.08. The van der Waals surface area contributed by atoms with Crippen LogP contribution in [0.5, 0.6) is 0 Å². The molecule has 1 aromatic carbocycles. The summed E-state index contributed by atoms with van der Waals surface area (Å²) in [5, 5.41) is 22.5. The maximum absolute atomic E-state index is 13.2. The van der Waals surface area contributed by atoms with Gasteiger partial charge in [-0.05, 0) is 127 Å². The van der Waals surface area contributed by atoms with E-state index in [1.54, 1.807) is 12.1 Å². The molecule has 0 heterocycles. The number of fused-ring (bicyclic) bond motifs is 5. The first kappa shape index (κ1) is 33.9. The van der Waals surface area contributed by atoms with Gasteiger partial charge in [0, 0.05) is 5.92 Å². The third kappa shape index (κ3) is 5.81. The molecule has 248 valence electrons. The van der Waals surface area contributed by atoms with E-state index in [0.29, 0.717) is 36.0 Å². The first-order valence-corrected chi connectivity index (χ1v) is 19.0. The average Bonchev–Trinajstić information content (AvgIpc) is 3.30. The topological polar surface area (TPSA) is 104 Å². The molecule has 0 radical (unpaired) electrons. The minimum atomic E-state index is -3.94. The fraction of sp³-hybridized carbons (Fsp3) is 0.811. The maximum Gasteiger partial charge on any atom is 0.264 e. The zero-order chi connectivity index (χ0) is 32.4. The van der Waals surface area contributed by atoms with Crippen LogP contribution in [0.3, 0.4) is 0 Å². The lowest BCUT2D eigenvalue weighted by molar-refractivity contribution is -0.203. The highest BCUT2D eigenvalue weighted by molar-refractivity contribution is 7.90. The number of aliphatic hydroxyl groups is 2. The number of amides is 1. The molecule has 4 fully saturated rings. The van der Waals surface area contributed by atoms with Crippen LogP contribution in [0.1, 0.15) is 119 Å². The van der Waals surface area contributed by atoms with Crippen molar-refractivity contribution < 1.29 is 23.4 Å². The molecule has 0 aliphatic heterocycles. The molecule has 0 aromatic heterocycles. The Kier molecular flexibility index (Phi) is 9.23. The number of aliphatic hydroxyl groups excluding tert-OH is 2. The van der Waals surface area contributed by atoms with E-state index in [4.69, 9.17) is 0 Å². The summed E-state index contributed by atoms with van der Waals surface area (Å²) in [6.45, 7) is 17.5. The molecule has 0 spiro atoms. The molecule has 5 rings (SSSR count). The third-order valence-electron chi connectivity index (χ3n) is 13.6. The van der Waals surface area contributed by atoms with E-state index < -0.39 is 21.8 Å². The summed E-state index contributed by atoms with van der Waals surface area (Å²) in [7, 11) is -3.94. The molecule has 1 amide bonds. The predicted molar refractivity (Wildman–Crippen MR) is 175 cm³/mol. The molecule has 7 heteroatoms. The third-order valence-corrected chi connectivity index (χ3v) is 15.0. The highest BCUT2D eigenvalue weighted by Crippen LogP contribution is 2.69. The van der Waals surface area contributed by atoms with Crippen molar-refractivity contribution in [3.63, 3.8) is 0 Å². The molecular formula is C37H59NO5S. The number of hydrogen-bond donors (Lipinski definition) is 3. The van der Waals surface area contributed by atoms with Crippen molar-refractivity contribution in [1.82, 2.24) is 4.72 Å². The van der Waals surface area contributed by atoms with Crippen molar-refractivity contribution in [3.8, 4) is 0 Å². The van der Waals surface area contributed by atoms with E-state index in [1.807, 2.05) is 19.1 Å². The van der Waals surface area contributed by atoms with E-state index in [2.05, 4.69) is 53.2 Å². The van der Waals surface area contributed by atoms with Crippen molar-refractivity contribution in [3.05, 3.63) is 29.8 Å². The van der Waals surface area contributed by atoms with Gasteiger partial charge in [0.25, 0.3) is 10.0 Å². The summed E-state index contributed by atoms with van der Waals surface area (Å²) in [6.07, 6.45) is 8.28. The Morgan fingerprint density at radius 3 is 2.18 bits per heavy atom. The highest BCUT2D eigenvalue weighted by Gasteiger charge is 2.64. The van der Waals surface area contributed by atoms with Crippen LogP contribution in [0.4, 0.5) is 0 Å². The number of nitrogens with one attached hydrogen (secondary N) is 1. The Morgan fingerprint density at radius 2 is 1.57 bits per heavy atom. The van der Waals surface area contributed by atoms with Crippen LogP contribution < -0.4 is 4.72 Å². The minimum Gasteiger partial charge on any atom is -0.393 e. The van der Waals surface area contributed by atoms with E-state index in [0.717, 1.165) is 56.9 Å². The van der Waals surface area contributed by atoms with Gasteiger partial charge in [-0.2, -0.15) is 0 Å². The molecule has 4 saturated carbocycles. The Labute approximate surface area is 267 Å². The Morgan fingerprint density at radius 1 is 0.955 bits per heavy atom. The number of sulfonamides is 1. The summed E-state index contributed by atoms with van der Waals surface area (Å²) in [6, 6.07) is 6.81. The lowest BCUT2D eigenvalue weighted by Gasteiger charge is -2.64. The lowest BCUT2D eigenvalue weighted by atomic mass is 9.41. The smallest absolute Gasteiger partial charge is 0.264 e. The maximum atomic E-state index is 13.2. The second-order valence-corrected chi connectivity index (χ2v) is 18.7. The largest absolute Gasteiger partial charge is 0.393 e. The summed E-state index contributed by atoms with van der Waals surface area (Å²) in [5.74, 6) is 1.73. The van der Waals surface area contributed by atoms with Crippen LogP contribution >= 0.6 is 0 Å². The Hall–Kier alpha value is -1.44. The van der Waals surface area contributed by atoms with Crippen LogP contribution in [0.15, 0.2) is 29.2 Å².